The molecule has 1 amide bonds. The number of methoxy groups -OCH3 is 1. The van der Waals surface area contributed by atoms with Crippen LogP contribution < -0.4 is 0 Å². The Morgan fingerprint density at radius 2 is 1.90 bits per heavy atom. The van der Waals surface area contributed by atoms with Gasteiger partial charge in [0, 0.05) is 37.4 Å². The van der Waals surface area contributed by atoms with Crippen molar-refractivity contribution >= 4 is 23.2 Å². The van der Waals surface area contributed by atoms with Crippen LogP contribution in [0.25, 0.3) is 0 Å². The summed E-state index contributed by atoms with van der Waals surface area (Å²) in [7, 11) is 1.35. The summed E-state index contributed by atoms with van der Waals surface area (Å²) >= 11 is 1.40. The second-order valence-electron chi connectivity index (χ2n) is 8.20. The highest BCUT2D eigenvalue weighted by molar-refractivity contribution is 7.09. The standard InChI is InChI=1S/C24H40N2O4S/c1-8-11-12-13-26(22(27)14-18(6)9-2)20(17(4)5)15-21(30-10-3)23-25-19(16-31-23)24(28)29-7/h11-12,16-18,20-21H,8-10,13-15H2,1-7H3/b12-11+/t18-,20?,21?/m0/s1. The van der Waals surface area contributed by atoms with Gasteiger partial charge in [-0.1, -0.05) is 53.2 Å². The van der Waals surface area contributed by atoms with E-state index in [1.54, 1.807) is 5.38 Å². The Bertz CT molecular complexity index is 702. The summed E-state index contributed by atoms with van der Waals surface area (Å²) in [6, 6.07) is 0.0000823. The SMILES string of the molecule is CC/C=C/CN(C(=O)C[C@@H](C)CC)C(CC(OCC)c1nc(C(=O)OC)cs1)C(C)C. The van der Waals surface area contributed by atoms with E-state index in [1.807, 2.05) is 11.8 Å². The van der Waals surface area contributed by atoms with Crippen LogP contribution in [0.3, 0.4) is 0 Å². The third-order valence-corrected chi connectivity index (χ3v) is 6.37. The molecule has 0 aliphatic heterocycles. The summed E-state index contributed by atoms with van der Waals surface area (Å²) in [6.45, 7) is 13.7. The van der Waals surface area contributed by atoms with Crippen LogP contribution in [0.5, 0.6) is 0 Å². The molecule has 1 aromatic rings. The van der Waals surface area contributed by atoms with Crippen LogP contribution >= 0.6 is 11.3 Å². The Hall–Kier alpha value is -1.73. The summed E-state index contributed by atoms with van der Waals surface area (Å²) in [5.74, 6) is 0.327. The lowest BCUT2D eigenvalue weighted by Crippen LogP contribution is -2.45. The van der Waals surface area contributed by atoms with Crippen molar-refractivity contribution in [3.63, 3.8) is 0 Å². The topological polar surface area (TPSA) is 68.7 Å². The molecule has 0 aliphatic carbocycles. The molecule has 31 heavy (non-hydrogen) atoms. The number of rotatable bonds is 14. The van der Waals surface area contributed by atoms with Crippen molar-refractivity contribution < 1.29 is 19.1 Å². The highest BCUT2D eigenvalue weighted by Crippen LogP contribution is 2.31. The van der Waals surface area contributed by atoms with Gasteiger partial charge in [0.1, 0.15) is 11.1 Å². The van der Waals surface area contributed by atoms with E-state index in [2.05, 4.69) is 51.8 Å². The first-order valence-electron chi connectivity index (χ1n) is 11.4. The number of aromatic nitrogens is 1. The fourth-order valence-electron chi connectivity index (χ4n) is 3.39. The van der Waals surface area contributed by atoms with Crippen molar-refractivity contribution in [1.29, 1.82) is 0 Å². The van der Waals surface area contributed by atoms with Gasteiger partial charge in [-0.05, 0) is 25.2 Å². The van der Waals surface area contributed by atoms with Gasteiger partial charge in [0.25, 0.3) is 0 Å². The van der Waals surface area contributed by atoms with Gasteiger partial charge in [-0.15, -0.1) is 11.3 Å². The maximum Gasteiger partial charge on any atom is 0.357 e. The largest absolute Gasteiger partial charge is 0.464 e. The van der Waals surface area contributed by atoms with E-state index >= 15 is 0 Å². The molecule has 3 atom stereocenters. The molecule has 2 unspecified atom stereocenters. The second kappa shape index (κ2) is 14.4. The first-order chi connectivity index (χ1) is 14.8. The molecule has 6 nitrogen and oxygen atoms in total. The van der Waals surface area contributed by atoms with Crippen LogP contribution in [0.2, 0.25) is 0 Å². The number of esters is 1. The third kappa shape index (κ3) is 8.73. The lowest BCUT2D eigenvalue weighted by molar-refractivity contribution is -0.135. The predicted molar refractivity (Wildman–Crippen MR) is 126 cm³/mol. The predicted octanol–water partition coefficient (Wildman–Crippen LogP) is 5.65. The van der Waals surface area contributed by atoms with E-state index in [-0.39, 0.29) is 24.0 Å². The minimum Gasteiger partial charge on any atom is -0.464 e. The van der Waals surface area contributed by atoms with E-state index in [0.29, 0.717) is 37.6 Å². The molecular weight excluding hydrogens is 412 g/mol. The van der Waals surface area contributed by atoms with Crippen LogP contribution in [0, 0.1) is 11.8 Å². The summed E-state index contributed by atoms with van der Waals surface area (Å²) in [4.78, 5) is 31.5. The number of amides is 1. The summed E-state index contributed by atoms with van der Waals surface area (Å²) in [6.07, 6.45) is 7.00. The molecule has 0 aromatic carbocycles. The summed E-state index contributed by atoms with van der Waals surface area (Å²) in [5.41, 5.74) is 0.295. The van der Waals surface area contributed by atoms with Gasteiger partial charge in [-0.3, -0.25) is 4.79 Å². The normalized spacial score (nSPS) is 14.6. The van der Waals surface area contributed by atoms with Crippen LogP contribution in [0.15, 0.2) is 17.5 Å². The first kappa shape index (κ1) is 27.3. The van der Waals surface area contributed by atoms with E-state index in [9.17, 15) is 9.59 Å². The van der Waals surface area contributed by atoms with Crippen molar-refractivity contribution in [2.75, 3.05) is 20.3 Å². The Morgan fingerprint density at radius 1 is 1.19 bits per heavy atom. The number of hydrogen-bond donors (Lipinski definition) is 0. The van der Waals surface area contributed by atoms with Crippen LogP contribution in [-0.2, 0) is 14.3 Å². The Kier molecular flexibility index (Phi) is 12.6. The van der Waals surface area contributed by atoms with E-state index in [1.165, 1.54) is 18.4 Å². The van der Waals surface area contributed by atoms with Gasteiger partial charge >= 0.3 is 5.97 Å². The molecule has 0 fully saturated rings. The van der Waals surface area contributed by atoms with Crippen molar-refractivity contribution in [2.45, 2.75) is 79.4 Å². The highest BCUT2D eigenvalue weighted by atomic mass is 32.1. The molecule has 0 spiro atoms. The van der Waals surface area contributed by atoms with Crippen molar-refractivity contribution in [3.8, 4) is 0 Å². The fraction of sp³-hybridized carbons (Fsp3) is 0.708. The maximum absolute atomic E-state index is 13.2. The average molecular weight is 453 g/mol. The lowest BCUT2D eigenvalue weighted by atomic mass is 9.94. The monoisotopic (exact) mass is 452 g/mol. The zero-order chi connectivity index (χ0) is 23.4. The third-order valence-electron chi connectivity index (χ3n) is 5.43. The fourth-order valence-corrected chi connectivity index (χ4v) is 4.24. The molecule has 1 aromatic heterocycles. The maximum atomic E-state index is 13.2. The van der Waals surface area contributed by atoms with Crippen molar-refractivity contribution in [2.24, 2.45) is 11.8 Å². The highest BCUT2D eigenvalue weighted by Gasteiger charge is 2.31. The number of thiazole rings is 1. The Labute approximate surface area is 192 Å². The van der Waals surface area contributed by atoms with Gasteiger partial charge in [0.05, 0.1) is 7.11 Å². The van der Waals surface area contributed by atoms with Gasteiger partial charge in [-0.2, -0.15) is 0 Å². The number of nitrogens with zero attached hydrogens (tertiary/aromatic N) is 2. The molecule has 1 heterocycles. The molecule has 0 bridgehead atoms. The van der Waals surface area contributed by atoms with Gasteiger partial charge in [0.2, 0.25) is 5.91 Å². The molecule has 0 radical (unpaired) electrons. The quantitative estimate of drug-likeness (QED) is 0.269. The smallest absolute Gasteiger partial charge is 0.357 e. The molecule has 0 saturated carbocycles. The van der Waals surface area contributed by atoms with Crippen molar-refractivity contribution in [1.82, 2.24) is 9.88 Å². The zero-order valence-electron chi connectivity index (χ0n) is 20.2. The van der Waals surface area contributed by atoms with Gasteiger partial charge < -0.3 is 14.4 Å². The minimum atomic E-state index is -0.451. The Balaban J connectivity index is 3.17. The van der Waals surface area contributed by atoms with Gasteiger partial charge in [0.15, 0.2) is 5.69 Å². The van der Waals surface area contributed by atoms with Crippen LogP contribution in [0.4, 0.5) is 0 Å². The van der Waals surface area contributed by atoms with E-state index < -0.39 is 5.97 Å². The average Bonchev–Trinajstić information content (AvgIpc) is 3.24. The molecule has 1 rings (SSSR count). The molecular formula is C24H40N2O4S. The molecule has 0 aliphatic rings. The zero-order valence-corrected chi connectivity index (χ0v) is 21.0. The molecule has 0 N–H and O–H groups in total. The first-order valence-corrected chi connectivity index (χ1v) is 12.3. The lowest BCUT2D eigenvalue weighted by Gasteiger charge is -2.36. The van der Waals surface area contributed by atoms with Crippen LogP contribution in [-0.4, -0.2) is 48.1 Å². The number of hydrogen-bond acceptors (Lipinski definition) is 6. The number of allylic oxidation sites excluding steroid dienone is 1. The minimum absolute atomic E-state index is 0.0000823. The van der Waals surface area contributed by atoms with Crippen LogP contribution in [0.1, 0.15) is 88.8 Å². The number of carbonyl (C=O) groups is 2. The van der Waals surface area contributed by atoms with Gasteiger partial charge in [-0.25, -0.2) is 9.78 Å². The second-order valence-corrected chi connectivity index (χ2v) is 9.09. The number of ether oxygens (including phenoxy) is 2. The Morgan fingerprint density at radius 3 is 2.45 bits per heavy atom. The molecule has 7 heteroatoms. The molecule has 0 saturated heterocycles. The summed E-state index contributed by atoms with van der Waals surface area (Å²) in [5, 5.41) is 2.44. The summed E-state index contributed by atoms with van der Waals surface area (Å²) < 4.78 is 10.8. The molecule has 176 valence electrons. The van der Waals surface area contributed by atoms with Crippen molar-refractivity contribution in [3.05, 3.63) is 28.2 Å². The van der Waals surface area contributed by atoms with E-state index in [0.717, 1.165) is 17.8 Å². The van der Waals surface area contributed by atoms with E-state index in [4.69, 9.17) is 9.47 Å². The number of carbonyl (C=O) groups excluding carboxylic acids is 2.